The number of hydrogen-bond donors (Lipinski definition) is 2. The first-order valence-electron chi connectivity index (χ1n) is 8.57. The lowest BCUT2D eigenvalue weighted by molar-refractivity contribution is -0.143. The molecule has 7 heteroatoms. The van der Waals surface area contributed by atoms with E-state index in [9.17, 15) is 14.4 Å². The van der Waals surface area contributed by atoms with Crippen molar-refractivity contribution in [1.82, 2.24) is 14.5 Å². The molecule has 0 aliphatic carbocycles. The predicted molar refractivity (Wildman–Crippen MR) is 95.5 cm³/mol. The Hall–Kier alpha value is -2.57. The average Bonchev–Trinajstić information content (AvgIpc) is 2.83. The van der Waals surface area contributed by atoms with Gasteiger partial charge in [-0.2, -0.15) is 0 Å². The number of fused-ring (bicyclic) bond motifs is 1. The molecule has 7 nitrogen and oxygen atoms in total. The second kappa shape index (κ2) is 8.00. The molecule has 25 heavy (non-hydrogen) atoms. The van der Waals surface area contributed by atoms with Crippen LogP contribution in [-0.2, 0) is 22.7 Å². The number of aryl methyl sites for hydroxylation is 2. The van der Waals surface area contributed by atoms with Crippen LogP contribution in [0, 0.1) is 5.92 Å². The molecule has 1 unspecified atom stereocenters. The maximum Gasteiger partial charge on any atom is 0.329 e. The van der Waals surface area contributed by atoms with Crippen molar-refractivity contribution in [3.05, 3.63) is 34.7 Å². The molecule has 2 aromatic rings. The molecule has 1 heterocycles. The number of aromatic nitrogens is 2. The van der Waals surface area contributed by atoms with Gasteiger partial charge in [-0.05, 0) is 24.5 Å². The van der Waals surface area contributed by atoms with Crippen LogP contribution < -0.4 is 11.0 Å². The van der Waals surface area contributed by atoms with Crippen LogP contribution in [-0.4, -0.2) is 32.2 Å². The summed E-state index contributed by atoms with van der Waals surface area (Å²) >= 11 is 0. The number of nitrogens with one attached hydrogen (secondary N) is 1. The van der Waals surface area contributed by atoms with Crippen LogP contribution in [0.4, 0.5) is 0 Å². The second-order valence-electron chi connectivity index (χ2n) is 6.45. The van der Waals surface area contributed by atoms with Gasteiger partial charge in [0.25, 0.3) is 0 Å². The Morgan fingerprint density at radius 2 is 1.68 bits per heavy atom. The molecule has 0 bridgehead atoms. The van der Waals surface area contributed by atoms with Crippen LogP contribution in [0.1, 0.15) is 33.6 Å². The molecule has 0 spiro atoms. The number of carboxylic acid groups (broad SMARTS) is 1. The molecule has 0 radical (unpaired) electrons. The molecule has 1 aromatic heterocycles. The summed E-state index contributed by atoms with van der Waals surface area (Å²) < 4.78 is 3.29. The zero-order valence-corrected chi connectivity index (χ0v) is 14.9. The maximum atomic E-state index is 12.6. The summed E-state index contributed by atoms with van der Waals surface area (Å²) in [5.74, 6) is -1.64. The summed E-state index contributed by atoms with van der Waals surface area (Å²) in [5.41, 5.74) is 1.49. The first kappa shape index (κ1) is 18.8. The fourth-order valence-corrected chi connectivity index (χ4v) is 2.90. The highest BCUT2D eigenvalue weighted by atomic mass is 16.4. The summed E-state index contributed by atoms with van der Waals surface area (Å²) in [7, 11) is 0. The molecule has 0 fully saturated rings. The number of rotatable bonds is 8. The third kappa shape index (κ3) is 4.10. The Morgan fingerprint density at radius 3 is 2.16 bits per heavy atom. The zero-order valence-electron chi connectivity index (χ0n) is 14.9. The molecule has 2 N–H and O–H groups in total. The van der Waals surface area contributed by atoms with Gasteiger partial charge >= 0.3 is 11.7 Å². The highest BCUT2D eigenvalue weighted by Crippen LogP contribution is 2.13. The summed E-state index contributed by atoms with van der Waals surface area (Å²) in [5, 5.41) is 11.7. The van der Waals surface area contributed by atoms with Crippen molar-refractivity contribution in [2.75, 3.05) is 0 Å². The standard InChI is InChI=1S/C18H25N3O4/c1-4-10-20-13-7-5-6-8-14(13)21(18(20)25)11-9-15(22)19-16(12(2)3)17(23)24/h5-8,12,16H,4,9-11H2,1-3H3,(H,19,22)(H,23,24). The van der Waals surface area contributed by atoms with E-state index < -0.39 is 12.0 Å². The van der Waals surface area contributed by atoms with Gasteiger partial charge in [0.1, 0.15) is 6.04 Å². The molecule has 136 valence electrons. The second-order valence-corrected chi connectivity index (χ2v) is 6.45. The van der Waals surface area contributed by atoms with Gasteiger partial charge in [0.05, 0.1) is 11.0 Å². The number of nitrogens with zero attached hydrogens (tertiary/aromatic N) is 2. The van der Waals surface area contributed by atoms with Crippen molar-refractivity contribution < 1.29 is 14.7 Å². The van der Waals surface area contributed by atoms with E-state index in [1.165, 1.54) is 0 Å². The lowest BCUT2D eigenvalue weighted by atomic mass is 10.0. The molecule has 0 aliphatic rings. The number of benzene rings is 1. The molecule has 0 saturated heterocycles. The third-order valence-electron chi connectivity index (χ3n) is 4.18. The first-order chi connectivity index (χ1) is 11.9. The van der Waals surface area contributed by atoms with Crippen molar-refractivity contribution in [3.8, 4) is 0 Å². The van der Waals surface area contributed by atoms with E-state index in [-0.39, 0.29) is 30.5 Å². The van der Waals surface area contributed by atoms with Crippen LogP contribution in [0.25, 0.3) is 11.0 Å². The number of carbonyl (C=O) groups is 2. The van der Waals surface area contributed by atoms with Gasteiger partial charge in [-0.1, -0.05) is 32.9 Å². The summed E-state index contributed by atoms with van der Waals surface area (Å²) in [6, 6.07) is 6.56. The minimum atomic E-state index is -1.06. The van der Waals surface area contributed by atoms with E-state index in [1.807, 2.05) is 31.2 Å². The number of imidazole rings is 1. The van der Waals surface area contributed by atoms with Gasteiger partial charge in [0, 0.05) is 19.5 Å². The fraction of sp³-hybridized carbons (Fsp3) is 0.500. The molecule has 1 aromatic carbocycles. The van der Waals surface area contributed by atoms with E-state index in [0.29, 0.717) is 6.54 Å². The molecule has 2 rings (SSSR count). The highest BCUT2D eigenvalue weighted by Gasteiger charge is 2.23. The van der Waals surface area contributed by atoms with Crippen LogP contribution in [0.2, 0.25) is 0 Å². The Balaban J connectivity index is 2.18. The maximum absolute atomic E-state index is 12.6. The number of aliphatic carboxylic acids is 1. The SMILES string of the molecule is CCCn1c(=O)n(CCC(=O)NC(C(=O)O)C(C)C)c2ccccc21. The van der Waals surface area contributed by atoms with Crippen LogP contribution in [0.15, 0.2) is 29.1 Å². The lowest BCUT2D eigenvalue weighted by Gasteiger charge is -2.17. The van der Waals surface area contributed by atoms with Crippen molar-refractivity contribution in [3.63, 3.8) is 0 Å². The van der Waals surface area contributed by atoms with E-state index >= 15 is 0 Å². The van der Waals surface area contributed by atoms with Crippen LogP contribution in [0.3, 0.4) is 0 Å². The first-order valence-corrected chi connectivity index (χ1v) is 8.57. The monoisotopic (exact) mass is 347 g/mol. The Morgan fingerprint density at radius 1 is 1.12 bits per heavy atom. The number of para-hydroxylation sites is 2. The molecule has 1 amide bonds. The van der Waals surface area contributed by atoms with E-state index in [4.69, 9.17) is 5.11 Å². The van der Waals surface area contributed by atoms with Crippen molar-refractivity contribution >= 4 is 22.9 Å². The van der Waals surface area contributed by atoms with Gasteiger partial charge < -0.3 is 10.4 Å². The topological polar surface area (TPSA) is 93.3 Å². The van der Waals surface area contributed by atoms with E-state index in [2.05, 4.69) is 5.32 Å². The summed E-state index contributed by atoms with van der Waals surface area (Å²) in [4.78, 5) is 35.9. The predicted octanol–water partition coefficient (Wildman–Crippen LogP) is 1.83. The lowest BCUT2D eigenvalue weighted by Crippen LogP contribution is -2.44. The Kier molecular flexibility index (Phi) is 6.01. The minimum absolute atomic E-state index is 0.0521. The minimum Gasteiger partial charge on any atom is -0.480 e. The Bertz CT molecular complexity index is 819. The van der Waals surface area contributed by atoms with Gasteiger partial charge in [-0.25, -0.2) is 9.59 Å². The molecular weight excluding hydrogens is 322 g/mol. The normalized spacial score (nSPS) is 12.5. The largest absolute Gasteiger partial charge is 0.480 e. The van der Waals surface area contributed by atoms with Gasteiger partial charge in [-0.3, -0.25) is 13.9 Å². The van der Waals surface area contributed by atoms with Crippen LogP contribution in [0.5, 0.6) is 0 Å². The fourth-order valence-electron chi connectivity index (χ4n) is 2.90. The van der Waals surface area contributed by atoms with Crippen molar-refractivity contribution in [1.29, 1.82) is 0 Å². The van der Waals surface area contributed by atoms with Crippen molar-refractivity contribution in [2.45, 2.75) is 52.7 Å². The van der Waals surface area contributed by atoms with E-state index in [1.54, 1.807) is 23.0 Å². The third-order valence-corrected chi connectivity index (χ3v) is 4.18. The highest BCUT2D eigenvalue weighted by molar-refractivity contribution is 5.84. The number of hydrogen-bond acceptors (Lipinski definition) is 3. The molecule has 0 saturated carbocycles. The number of amides is 1. The van der Waals surface area contributed by atoms with Crippen LogP contribution >= 0.6 is 0 Å². The van der Waals surface area contributed by atoms with Crippen molar-refractivity contribution in [2.24, 2.45) is 5.92 Å². The number of carbonyl (C=O) groups excluding carboxylic acids is 1. The van der Waals surface area contributed by atoms with Gasteiger partial charge in [0.15, 0.2) is 0 Å². The quantitative estimate of drug-likeness (QED) is 0.762. The smallest absolute Gasteiger partial charge is 0.329 e. The van der Waals surface area contributed by atoms with Gasteiger partial charge in [-0.15, -0.1) is 0 Å². The summed E-state index contributed by atoms with van der Waals surface area (Å²) in [6.07, 6.45) is 0.889. The molecule has 0 aliphatic heterocycles. The summed E-state index contributed by atoms with van der Waals surface area (Å²) in [6.45, 7) is 6.31. The number of carboxylic acids is 1. The van der Waals surface area contributed by atoms with E-state index in [0.717, 1.165) is 17.5 Å². The molecule has 1 atom stereocenters. The van der Waals surface area contributed by atoms with Gasteiger partial charge in [0.2, 0.25) is 5.91 Å². The Labute approximate surface area is 146 Å². The molecular formula is C18H25N3O4. The zero-order chi connectivity index (χ0) is 18.6. The average molecular weight is 347 g/mol.